The van der Waals surface area contributed by atoms with Gasteiger partial charge in [-0.25, -0.2) is 0 Å². The van der Waals surface area contributed by atoms with E-state index in [4.69, 9.17) is 0 Å². The van der Waals surface area contributed by atoms with Crippen LogP contribution in [0.15, 0.2) is 0 Å². The molecule has 0 aromatic rings. The third-order valence-electron chi connectivity index (χ3n) is 2.87. The summed E-state index contributed by atoms with van der Waals surface area (Å²) in [5, 5.41) is 3.33. The van der Waals surface area contributed by atoms with Gasteiger partial charge in [-0.2, -0.15) is 0 Å². The zero-order valence-corrected chi connectivity index (χ0v) is 9.03. The highest BCUT2D eigenvalue weighted by Gasteiger charge is 2.27. The molecular formula is C10H17N3O2. The monoisotopic (exact) mass is 211 g/mol. The second-order valence-electron chi connectivity index (χ2n) is 4.29. The van der Waals surface area contributed by atoms with Gasteiger partial charge in [0.2, 0.25) is 11.8 Å². The maximum absolute atomic E-state index is 11.5. The number of piperazine rings is 1. The van der Waals surface area contributed by atoms with Crippen LogP contribution in [0.3, 0.4) is 0 Å². The third-order valence-corrected chi connectivity index (χ3v) is 2.87. The Morgan fingerprint density at radius 3 is 2.67 bits per heavy atom. The standard InChI is InChI=1S/C10H17N3O2/c1-12-6-10(15)13(7-9(12)14)5-4-11-8-2-3-8/h8,11H,2-7H2,1H3. The molecule has 1 aliphatic heterocycles. The van der Waals surface area contributed by atoms with Gasteiger partial charge < -0.3 is 15.1 Å². The first-order valence-corrected chi connectivity index (χ1v) is 5.42. The Morgan fingerprint density at radius 2 is 2.00 bits per heavy atom. The van der Waals surface area contributed by atoms with E-state index in [-0.39, 0.29) is 24.9 Å². The number of hydrogen-bond donors (Lipinski definition) is 1. The van der Waals surface area contributed by atoms with E-state index in [2.05, 4.69) is 5.32 Å². The molecule has 2 fully saturated rings. The molecule has 2 rings (SSSR count). The minimum atomic E-state index is 0.0287. The van der Waals surface area contributed by atoms with Crippen LogP contribution in [0.2, 0.25) is 0 Å². The molecule has 1 heterocycles. The van der Waals surface area contributed by atoms with Crippen LogP contribution in [0.1, 0.15) is 12.8 Å². The van der Waals surface area contributed by atoms with Crippen molar-refractivity contribution in [3.63, 3.8) is 0 Å². The van der Waals surface area contributed by atoms with Gasteiger partial charge in [-0.3, -0.25) is 9.59 Å². The van der Waals surface area contributed by atoms with Gasteiger partial charge in [0.25, 0.3) is 0 Å². The number of amides is 2. The van der Waals surface area contributed by atoms with Gasteiger partial charge in [0.1, 0.15) is 0 Å². The number of carbonyl (C=O) groups is 2. The summed E-state index contributed by atoms with van der Waals surface area (Å²) in [6, 6.07) is 0.656. The van der Waals surface area contributed by atoms with Gasteiger partial charge in [-0.15, -0.1) is 0 Å². The molecule has 1 aliphatic carbocycles. The van der Waals surface area contributed by atoms with Crippen molar-refractivity contribution >= 4 is 11.8 Å². The molecule has 1 N–H and O–H groups in total. The molecule has 0 aromatic carbocycles. The summed E-state index contributed by atoms with van der Waals surface area (Å²) >= 11 is 0. The molecule has 2 amide bonds. The second kappa shape index (κ2) is 4.18. The number of likely N-dealkylation sites (N-methyl/N-ethyl adjacent to an activating group) is 1. The summed E-state index contributed by atoms with van der Waals surface area (Å²) < 4.78 is 0. The fraction of sp³-hybridized carbons (Fsp3) is 0.800. The number of hydrogen-bond acceptors (Lipinski definition) is 3. The minimum absolute atomic E-state index is 0.0287. The second-order valence-corrected chi connectivity index (χ2v) is 4.29. The van der Waals surface area contributed by atoms with E-state index < -0.39 is 0 Å². The lowest BCUT2D eigenvalue weighted by Gasteiger charge is -2.31. The molecule has 15 heavy (non-hydrogen) atoms. The summed E-state index contributed by atoms with van der Waals surface area (Å²) in [5.41, 5.74) is 0. The van der Waals surface area contributed by atoms with E-state index in [1.807, 2.05) is 0 Å². The largest absolute Gasteiger partial charge is 0.335 e. The van der Waals surface area contributed by atoms with Gasteiger partial charge in [-0.1, -0.05) is 0 Å². The van der Waals surface area contributed by atoms with Crippen LogP contribution in [0.5, 0.6) is 0 Å². The van der Waals surface area contributed by atoms with Crippen molar-refractivity contribution in [2.24, 2.45) is 0 Å². The molecule has 0 unspecified atom stereocenters. The van der Waals surface area contributed by atoms with Crippen molar-refractivity contribution in [1.29, 1.82) is 0 Å². The molecule has 0 atom stereocenters. The van der Waals surface area contributed by atoms with Crippen LogP contribution in [0.25, 0.3) is 0 Å². The topological polar surface area (TPSA) is 52.7 Å². The normalized spacial score (nSPS) is 22.5. The number of rotatable bonds is 4. The van der Waals surface area contributed by atoms with Crippen molar-refractivity contribution in [3.8, 4) is 0 Å². The summed E-state index contributed by atoms with van der Waals surface area (Å²) in [5.74, 6) is 0.0794. The van der Waals surface area contributed by atoms with Crippen LogP contribution < -0.4 is 5.32 Å². The van der Waals surface area contributed by atoms with Gasteiger partial charge in [0, 0.05) is 26.2 Å². The third kappa shape index (κ3) is 2.68. The van der Waals surface area contributed by atoms with E-state index in [9.17, 15) is 9.59 Å². The maximum Gasteiger partial charge on any atom is 0.242 e. The molecule has 5 heteroatoms. The smallest absolute Gasteiger partial charge is 0.242 e. The van der Waals surface area contributed by atoms with Crippen molar-refractivity contribution < 1.29 is 9.59 Å². The summed E-state index contributed by atoms with van der Waals surface area (Å²) in [4.78, 5) is 26.0. The highest BCUT2D eigenvalue weighted by molar-refractivity contribution is 5.92. The molecule has 0 aromatic heterocycles. The first-order chi connectivity index (χ1) is 7.16. The van der Waals surface area contributed by atoms with Gasteiger partial charge >= 0.3 is 0 Å². The zero-order valence-electron chi connectivity index (χ0n) is 9.03. The molecule has 2 aliphatic rings. The van der Waals surface area contributed by atoms with E-state index in [1.165, 1.54) is 17.7 Å². The highest BCUT2D eigenvalue weighted by atomic mass is 16.2. The Kier molecular flexibility index (Phi) is 2.90. The van der Waals surface area contributed by atoms with Crippen LogP contribution in [0.4, 0.5) is 0 Å². The average molecular weight is 211 g/mol. The van der Waals surface area contributed by atoms with Crippen LogP contribution >= 0.6 is 0 Å². The van der Waals surface area contributed by atoms with Crippen molar-refractivity contribution in [2.75, 3.05) is 33.2 Å². The molecule has 0 spiro atoms. The van der Waals surface area contributed by atoms with Crippen molar-refractivity contribution in [3.05, 3.63) is 0 Å². The van der Waals surface area contributed by atoms with E-state index in [1.54, 1.807) is 11.9 Å². The first-order valence-electron chi connectivity index (χ1n) is 5.42. The minimum Gasteiger partial charge on any atom is -0.335 e. The van der Waals surface area contributed by atoms with Gasteiger partial charge in [-0.05, 0) is 12.8 Å². The van der Waals surface area contributed by atoms with Gasteiger partial charge in [0.05, 0.1) is 13.1 Å². The zero-order chi connectivity index (χ0) is 10.8. The summed E-state index contributed by atoms with van der Waals surface area (Å²) in [6.07, 6.45) is 2.49. The summed E-state index contributed by atoms with van der Waals surface area (Å²) in [7, 11) is 1.67. The fourth-order valence-corrected chi connectivity index (χ4v) is 1.66. The number of nitrogens with zero attached hydrogens (tertiary/aromatic N) is 2. The van der Waals surface area contributed by atoms with E-state index in [0.29, 0.717) is 12.6 Å². The number of carbonyl (C=O) groups excluding carboxylic acids is 2. The summed E-state index contributed by atoms with van der Waals surface area (Å²) in [6.45, 7) is 1.91. The molecule has 1 saturated carbocycles. The van der Waals surface area contributed by atoms with Crippen LogP contribution in [0, 0.1) is 0 Å². The molecule has 0 bridgehead atoms. The maximum atomic E-state index is 11.5. The SMILES string of the molecule is CN1CC(=O)N(CCNC2CC2)CC1=O. The molecule has 1 saturated heterocycles. The Labute approximate surface area is 89.4 Å². The lowest BCUT2D eigenvalue weighted by atomic mass is 10.3. The Balaban J connectivity index is 1.74. The molecule has 84 valence electrons. The van der Waals surface area contributed by atoms with Crippen LogP contribution in [-0.4, -0.2) is 60.9 Å². The predicted octanol–water partition coefficient (Wildman–Crippen LogP) is -0.961. The molecule has 0 radical (unpaired) electrons. The van der Waals surface area contributed by atoms with Crippen molar-refractivity contribution in [2.45, 2.75) is 18.9 Å². The Morgan fingerprint density at radius 1 is 1.27 bits per heavy atom. The Hall–Kier alpha value is -1.10. The van der Waals surface area contributed by atoms with Crippen LogP contribution in [-0.2, 0) is 9.59 Å². The lowest BCUT2D eigenvalue weighted by Crippen LogP contribution is -2.53. The highest BCUT2D eigenvalue weighted by Crippen LogP contribution is 2.18. The quantitative estimate of drug-likeness (QED) is 0.651. The molecular weight excluding hydrogens is 194 g/mol. The molecule has 5 nitrogen and oxygen atoms in total. The lowest BCUT2D eigenvalue weighted by molar-refractivity contribution is -0.148. The first kappa shape index (κ1) is 10.4. The average Bonchev–Trinajstić information content (AvgIpc) is 2.97. The number of nitrogens with one attached hydrogen (secondary N) is 1. The predicted molar refractivity (Wildman–Crippen MR) is 55.2 cm³/mol. The van der Waals surface area contributed by atoms with E-state index in [0.717, 1.165) is 6.54 Å². The van der Waals surface area contributed by atoms with Gasteiger partial charge in [0.15, 0.2) is 0 Å². The van der Waals surface area contributed by atoms with Crippen molar-refractivity contribution in [1.82, 2.24) is 15.1 Å². The fourth-order valence-electron chi connectivity index (χ4n) is 1.66. The van der Waals surface area contributed by atoms with E-state index >= 15 is 0 Å². The Bertz CT molecular complexity index is 276.